The number of hydrogen-bond donors (Lipinski definition) is 1. The standard InChI is InChI=1S/C18H14FN5O4S/c1-9-14-15(26)22-18(27)23(17(14)29-16(9)24-20-5-6-21-24)8-12(25)11-7-10(19)3-4-13(11)28-2/h3-7H,8H2,1-2H3,(H,22,26,27). The lowest BCUT2D eigenvalue weighted by atomic mass is 10.1. The average Bonchev–Trinajstić information content (AvgIpc) is 3.33. The van der Waals surface area contributed by atoms with Gasteiger partial charge in [-0.2, -0.15) is 10.2 Å². The maximum Gasteiger partial charge on any atom is 0.329 e. The molecule has 0 unspecified atom stereocenters. The van der Waals surface area contributed by atoms with Crippen molar-refractivity contribution in [3.05, 3.63) is 68.4 Å². The number of methoxy groups -OCH3 is 1. The maximum atomic E-state index is 13.6. The van der Waals surface area contributed by atoms with E-state index in [4.69, 9.17) is 4.74 Å². The van der Waals surface area contributed by atoms with Crippen LogP contribution in [0.3, 0.4) is 0 Å². The summed E-state index contributed by atoms with van der Waals surface area (Å²) in [6.45, 7) is 1.30. The summed E-state index contributed by atoms with van der Waals surface area (Å²) in [6.07, 6.45) is 2.97. The van der Waals surface area contributed by atoms with Gasteiger partial charge in [0, 0.05) is 5.56 Å². The molecule has 0 aliphatic rings. The number of nitrogens with zero attached hydrogens (tertiary/aromatic N) is 4. The van der Waals surface area contributed by atoms with Gasteiger partial charge < -0.3 is 4.74 Å². The molecule has 0 saturated heterocycles. The highest BCUT2D eigenvalue weighted by Gasteiger charge is 2.21. The molecule has 1 N–H and O–H groups in total. The van der Waals surface area contributed by atoms with Gasteiger partial charge in [-0.25, -0.2) is 9.18 Å². The number of fused-ring (bicyclic) bond motifs is 1. The van der Waals surface area contributed by atoms with E-state index in [1.807, 2.05) is 0 Å². The molecule has 0 radical (unpaired) electrons. The number of ketones is 1. The molecule has 0 amide bonds. The van der Waals surface area contributed by atoms with Crippen LogP contribution in [0.2, 0.25) is 0 Å². The number of aryl methyl sites for hydroxylation is 1. The van der Waals surface area contributed by atoms with Crippen LogP contribution in [-0.2, 0) is 6.54 Å². The van der Waals surface area contributed by atoms with Gasteiger partial charge >= 0.3 is 5.69 Å². The van der Waals surface area contributed by atoms with Crippen molar-refractivity contribution in [1.82, 2.24) is 24.5 Å². The minimum absolute atomic E-state index is 0.000921. The first-order valence-corrected chi connectivity index (χ1v) is 9.22. The van der Waals surface area contributed by atoms with Crippen LogP contribution in [0.1, 0.15) is 15.9 Å². The van der Waals surface area contributed by atoms with Gasteiger partial charge in [-0.05, 0) is 25.1 Å². The first-order chi connectivity index (χ1) is 13.9. The van der Waals surface area contributed by atoms with Gasteiger partial charge in [0.25, 0.3) is 5.56 Å². The lowest BCUT2D eigenvalue weighted by Crippen LogP contribution is -2.32. The summed E-state index contributed by atoms with van der Waals surface area (Å²) < 4.78 is 19.9. The van der Waals surface area contributed by atoms with Crippen LogP contribution in [0.25, 0.3) is 15.2 Å². The van der Waals surface area contributed by atoms with Crippen LogP contribution >= 0.6 is 11.3 Å². The molecule has 0 saturated carbocycles. The largest absolute Gasteiger partial charge is 0.496 e. The fraction of sp³-hybridized carbons (Fsp3) is 0.167. The number of benzene rings is 1. The summed E-state index contributed by atoms with van der Waals surface area (Å²) in [6, 6.07) is 3.56. The number of H-pyrrole nitrogens is 1. The maximum absolute atomic E-state index is 13.6. The molecule has 4 aromatic rings. The number of nitrogens with one attached hydrogen (secondary N) is 1. The first kappa shape index (κ1) is 18.7. The normalized spacial score (nSPS) is 11.1. The summed E-state index contributed by atoms with van der Waals surface area (Å²) in [5.74, 6) is -0.956. The SMILES string of the molecule is COc1ccc(F)cc1C(=O)Cn1c(=O)[nH]c(=O)c2c(C)c(-n3nccn3)sc21. The Hall–Kier alpha value is -3.60. The van der Waals surface area contributed by atoms with Gasteiger partial charge in [0.1, 0.15) is 21.4 Å². The van der Waals surface area contributed by atoms with Gasteiger partial charge in [0.2, 0.25) is 0 Å². The molecule has 0 fully saturated rings. The number of carbonyl (C=O) groups excluding carboxylic acids is 1. The minimum atomic E-state index is -0.743. The lowest BCUT2D eigenvalue weighted by molar-refractivity contribution is 0.0968. The molecule has 148 valence electrons. The monoisotopic (exact) mass is 415 g/mol. The van der Waals surface area contributed by atoms with Crippen LogP contribution in [0.5, 0.6) is 5.75 Å². The lowest BCUT2D eigenvalue weighted by Gasteiger charge is -2.09. The molecule has 11 heteroatoms. The van der Waals surface area contributed by atoms with Crippen molar-refractivity contribution in [2.24, 2.45) is 0 Å². The number of rotatable bonds is 5. The Morgan fingerprint density at radius 3 is 2.69 bits per heavy atom. The highest BCUT2D eigenvalue weighted by molar-refractivity contribution is 7.21. The van der Waals surface area contributed by atoms with Crippen molar-refractivity contribution in [2.75, 3.05) is 7.11 Å². The van der Waals surface area contributed by atoms with Crippen molar-refractivity contribution in [2.45, 2.75) is 13.5 Å². The summed E-state index contributed by atoms with van der Waals surface area (Å²) in [4.78, 5) is 41.5. The molecule has 29 heavy (non-hydrogen) atoms. The number of thiophene rings is 1. The van der Waals surface area contributed by atoms with Crippen LogP contribution in [0.15, 0.2) is 40.2 Å². The molecular formula is C18H14FN5O4S. The minimum Gasteiger partial charge on any atom is -0.496 e. The highest BCUT2D eigenvalue weighted by atomic mass is 32.1. The third-order valence-corrected chi connectivity index (χ3v) is 5.69. The quantitative estimate of drug-likeness (QED) is 0.496. The first-order valence-electron chi connectivity index (χ1n) is 8.40. The van der Waals surface area contributed by atoms with Gasteiger partial charge in [-0.15, -0.1) is 4.80 Å². The highest BCUT2D eigenvalue weighted by Crippen LogP contribution is 2.30. The summed E-state index contributed by atoms with van der Waals surface area (Å²) in [5, 5.41) is 8.92. The Balaban J connectivity index is 1.88. The fourth-order valence-electron chi connectivity index (χ4n) is 3.05. The molecule has 4 rings (SSSR count). The molecule has 3 heterocycles. The van der Waals surface area contributed by atoms with Crippen molar-refractivity contribution in [3.8, 4) is 10.8 Å². The molecule has 0 aliphatic heterocycles. The van der Waals surface area contributed by atoms with Crippen molar-refractivity contribution >= 4 is 27.3 Å². The number of aromatic nitrogens is 5. The molecular weight excluding hydrogens is 401 g/mol. The Labute approximate surface area is 166 Å². The molecule has 0 bridgehead atoms. The van der Waals surface area contributed by atoms with E-state index in [0.29, 0.717) is 15.4 Å². The van der Waals surface area contributed by atoms with Crippen molar-refractivity contribution in [3.63, 3.8) is 0 Å². The zero-order valence-electron chi connectivity index (χ0n) is 15.3. The third-order valence-electron chi connectivity index (χ3n) is 4.40. The van der Waals surface area contributed by atoms with E-state index in [1.54, 1.807) is 6.92 Å². The molecule has 9 nitrogen and oxygen atoms in total. The second kappa shape index (κ2) is 7.09. The zero-order chi connectivity index (χ0) is 20.7. The average molecular weight is 415 g/mol. The Morgan fingerprint density at radius 1 is 1.28 bits per heavy atom. The van der Waals surface area contributed by atoms with Crippen LogP contribution < -0.4 is 16.0 Å². The molecule has 0 spiro atoms. The predicted octanol–water partition coefficient (Wildman–Crippen LogP) is 1.67. The third kappa shape index (κ3) is 3.14. The fourth-order valence-corrected chi connectivity index (χ4v) is 4.26. The summed E-state index contributed by atoms with van der Waals surface area (Å²) >= 11 is 1.11. The number of aromatic amines is 1. The van der Waals surface area contributed by atoms with E-state index in [9.17, 15) is 18.8 Å². The second-order valence-corrected chi connectivity index (χ2v) is 7.12. The second-order valence-electron chi connectivity index (χ2n) is 6.14. The Bertz CT molecular complexity index is 1350. The van der Waals surface area contributed by atoms with E-state index in [1.165, 1.54) is 36.4 Å². The van der Waals surface area contributed by atoms with Crippen LogP contribution in [0.4, 0.5) is 4.39 Å². The number of hydrogen-bond acceptors (Lipinski definition) is 7. The topological polar surface area (TPSA) is 112 Å². The summed E-state index contributed by atoms with van der Waals surface area (Å²) in [7, 11) is 1.36. The number of Topliss-reactive ketones (excluding diaryl/α,β-unsaturated/α-hetero) is 1. The number of carbonyl (C=O) groups is 1. The van der Waals surface area contributed by atoms with Gasteiger partial charge in [-0.3, -0.25) is 19.1 Å². The number of ether oxygens (including phenoxy) is 1. The Kier molecular flexibility index (Phi) is 4.59. The van der Waals surface area contributed by atoms with Gasteiger partial charge in [-0.1, -0.05) is 11.3 Å². The predicted molar refractivity (Wildman–Crippen MR) is 104 cm³/mol. The smallest absolute Gasteiger partial charge is 0.329 e. The molecule has 3 aromatic heterocycles. The van der Waals surface area contributed by atoms with Crippen molar-refractivity contribution < 1.29 is 13.9 Å². The van der Waals surface area contributed by atoms with E-state index in [2.05, 4.69) is 15.2 Å². The van der Waals surface area contributed by atoms with E-state index in [0.717, 1.165) is 22.0 Å². The van der Waals surface area contributed by atoms with Gasteiger partial charge in [0.05, 0.1) is 37.0 Å². The van der Waals surface area contributed by atoms with Crippen LogP contribution in [0, 0.1) is 12.7 Å². The number of halogens is 1. The Morgan fingerprint density at radius 2 is 2.00 bits per heavy atom. The molecule has 1 aromatic carbocycles. The molecule has 0 atom stereocenters. The van der Waals surface area contributed by atoms with Crippen molar-refractivity contribution in [1.29, 1.82) is 0 Å². The summed E-state index contributed by atoms with van der Waals surface area (Å²) in [5.41, 5.74) is -0.732. The van der Waals surface area contributed by atoms with E-state index >= 15 is 0 Å². The van der Waals surface area contributed by atoms with E-state index in [-0.39, 0.29) is 16.7 Å². The zero-order valence-corrected chi connectivity index (χ0v) is 16.1. The van der Waals surface area contributed by atoms with E-state index < -0.39 is 29.4 Å². The molecule has 0 aliphatic carbocycles. The van der Waals surface area contributed by atoms with Gasteiger partial charge in [0.15, 0.2) is 5.78 Å². The van der Waals surface area contributed by atoms with Crippen LogP contribution in [-0.4, -0.2) is 37.4 Å².